The Morgan fingerprint density at radius 3 is 2.20 bits per heavy atom. The molecule has 1 amide bonds. The van der Waals surface area contributed by atoms with E-state index >= 15 is 0 Å². The van der Waals surface area contributed by atoms with Crippen molar-refractivity contribution in [3.63, 3.8) is 0 Å². The van der Waals surface area contributed by atoms with Gasteiger partial charge in [-0.1, -0.05) is 0 Å². The van der Waals surface area contributed by atoms with Crippen molar-refractivity contribution >= 4 is 12.2 Å². The van der Waals surface area contributed by atoms with Gasteiger partial charge in [-0.05, 0) is 12.8 Å². The number of carbonyl (C=O) groups excluding carboxylic acids is 2. The number of rotatable bonds is 2. The second-order valence-electron chi connectivity index (χ2n) is 4.45. The quantitative estimate of drug-likeness (QED) is 0.614. The Hall–Kier alpha value is -0.900. The van der Waals surface area contributed by atoms with Crippen LogP contribution in [-0.2, 0) is 9.59 Å². The molecular formula is C11H18N2O2. The summed E-state index contributed by atoms with van der Waals surface area (Å²) in [6, 6.07) is 0.580. The van der Waals surface area contributed by atoms with Gasteiger partial charge in [0.05, 0.1) is 0 Å². The monoisotopic (exact) mass is 210 g/mol. The van der Waals surface area contributed by atoms with Crippen molar-refractivity contribution in [2.75, 3.05) is 26.2 Å². The van der Waals surface area contributed by atoms with Crippen LogP contribution in [0.2, 0.25) is 0 Å². The van der Waals surface area contributed by atoms with Crippen molar-refractivity contribution in [3.05, 3.63) is 0 Å². The summed E-state index contributed by atoms with van der Waals surface area (Å²) in [4.78, 5) is 25.9. The average Bonchev–Trinajstić information content (AvgIpc) is 2.30. The average molecular weight is 210 g/mol. The highest BCUT2D eigenvalue weighted by atomic mass is 16.1. The van der Waals surface area contributed by atoms with Crippen LogP contribution < -0.4 is 0 Å². The largest absolute Gasteiger partial charge is 0.343 e. The summed E-state index contributed by atoms with van der Waals surface area (Å²) in [7, 11) is 0. The number of hydrogen-bond donors (Lipinski definition) is 0. The lowest BCUT2D eigenvalue weighted by molar-refractivity contribution is -0.122. The molecule has 4 heteroatoms. The van der Waals surface area contributed by atoms with Gasteiger partial charge in [0.2, 0.25) is 6.41 Å². The molecule has 4 nitrogen and oxygen atoms in total. The minimum atomic E-state index is 0.415. The van der Waals surface area contributed by atoms with Crippen LogP contribution in [0.15, 0.2) is 0 Å². The summed E-state index contributed by atoms with van der Waals surface area (Å²) >= 11 is 0. The first kappa shape index (κ1) is 10.6. The fourth-order valence-electron chi connectivity index (χ4n) is 2.50. The third kappa shape index (κ3) is 2.56. The van der Waals surface area contributed by atoms with Crippen LogP contribution in [0, 0.1) is 0 Å². The molecule has 1 saturated carbocycles. The van der Waals surface area contributed by atoms with Crippen LogP contribution in [0.25, 0.3) is 0 Å². The van der Waals surface area contributed by atoms with E-state index in [1.165, 1.54) is 0 Å². The number of nitrogens with zero attached hydrogens (tertiary/aromatic N) is 2. The van der Waals surface area contributed by atoms with Crippen molar-refractivity contribution in [1.29, 1.82) is 0 Å². The highest BCUT2D eigenvalue weighted by Crippen LogP contribution is 2.21. The van der Waals surface area contributed by atoms with Gasteiger partial charge in [-0.15, -0.1) is 0 Å². The highest BCUT2D eigenvalue weighted by Gasteiger charge is 2.26. The van der Waals surface area contributed by atoms with E-state index in [4.69, 9.17) is 0 Å². The zero-order chi connectivity index (χ0) is 10.7. The van der Waals surface area contributed by atoms with E-state index in [1.54, 1.807) is 0 Å². The van der Waals surface area contributed by atoms with Gasteiger partial charge in [-0.2, -0.15) is 0 Å². The minimum absolute atomic E-state index is 0.415. The van der Waals surface area contributed by atoms with E-state index in [-0.39, 0.29) is 0 Å². The fourth-order valence-corrected chi connectivity index (χ4v) is 2.50. The maximum Gasteiger partial charge on any atom is 0.209 e. The van der Waals surface area contributed by atoms with Gasteiger partial charge in [0.15, 0.2) is 0 Å². The van der Waals surface area contributed by atoms with Gasteiger partial charge >= 0.3 is 0 Å². The molecule has 0 aromatic heterocycles. The fraction of sp³-hybridized carbons (Fsp3) is 0.818. The first-order chi connectivity index (χ1) is 7.29. The molecule has 1 aliphatic carbocycles. The van der Waals surface area contributed by atoms with Gasteiger partial charge in [0.25, 0.3) is 0 Å². The molecule has 0 atom stereocenters. The number of amides is 1. The first-order valence-electron chi connectivity index (χ1n) is 5.74. The van der Waals surface area contributed by atoms with E-state index in [0.717, 1.165) is 58.3 Å². The summed E-state index contributed by atoms with van der Waals surface area (Å²) in [6.07, 6.45) is 4.46. The Bertz CT molecular complexity index is 237. The Morgan fingerprint density at radius 1 is 1.07 bits per heavy atom. The third-order valence-electron chi connectivity index (χ3n) is 3.53. The normalized spacial score (nSPS) is 25.6. The smallest absolute Gasteiger partial charge is 0.209 e. The summed E-state index contributed by atoms with van der Waals surface area (Å²) < 4.78 is 0. The topological polar surface area (TPSA) is 40.6 Å². The Balaban J connectivity index is 1.80. The first-order valence-corrected chi connectivity index (χ1v) is 5.74. The molecule has 84 valence electrons. The molecule has 1 heterocycles. The predicted octanol–water partition coefficient (Wildman–Crippen LogP) is 0.272. The minimum Gasteiger partial charge on any atom is -0.343 e. The molecule has 15 heavy (non-hydrogen) atoms. The van der Waals surface area contributed by atoms with Crippen LogP contribution in [0.3, 0.4) is 0 Å². The lowest BCUT2D eigenvalue weighted by Gasteiger charge is -2.39. The van der Waals surface area contributed by atoms with E-state index in [9.17, 15) is 9.59 Å². The van der Waals surface area contributed by atoms with E-state index in [1.807, 2.05) is 4.90 Å². The number of Topliss-reactive ketones (excluding diaryl/α,β-unsaturated/α-hetero) is 1. The van der Waals surface area contributed by atoms with Crippen LogP contribution in [0.4, 0.5) is 0 Å². The standard InChI is InChI=1S/C11H18N2O2/c14-9-12-5-7-13(8-6-12)10-1-3-11(15)4-2-10/h9-10H,1-8H2. The third-order valence-corrected chi connectivity index (χ3v) is 3.53. The van der Waals surface area contributed by atoms with Gasteiger partial charge in [-0.25, -0.2) is 0 Å². The SMILES string of the molecule is O=CN1CCN(C2CCC(=O)CC2)CC1. The lowest BCUT2D eigenvalue weighted by Crippen LogP contribution is -2.50. The molecule has 0 aromatic rings. The number of hydrogen-bond acceptors (Lipinski definition) is 3. The Kier molecular flexibility index (Phi) is 3.36. The van der Waals surface area contributed by atoms with Gasteiger partial charge < -0.3 is 4.90 Å². The molecule has 2 rings (SSSR count). The Labute approximate surface area is 90.2 Å². The number of piperazine rings is 1. The zero-order valence-electron chi connectivity index (χ0n) is 9.02. The molecule has 2 fully saturated rings. The van der Waals surface area contributed by atoms with Crippen LogP contribution in [0.5, 0.6) is 0 Å². The van der Waals surface area contributed by atoms with Crippen LogP contribution >= 0.6 is 0 Å². The zero-order valence-corrected chi connectivity index (χ0v) is 9.02. The second-order valence-corrected chi connectivity index (χ2v) is 4.45. The van der Waals surface area contributed by atoms with Crippen molar-refractivity contribution in [3.8, 4) is 0 Å². The van der Waals surface area contributed by atoms with E-state index < -0.39 is 0 Å². The number of ketones is 1. The maximum absolute atomic E-state index is 11.1. The van der Waals surface area contributed by atoms with Crippen LogP contribution in [0.1, 0.15) is 25.7 Å². The van der Waals surface area contributed by atoms with Gasteiger partial charge in [0, 0.05) is 45.1 Å². The van der Waals surface area contributed by atoms with E-state index in [2.05, 4.69) is 4.90 Å². The van der Waals surface area contributed by atoms with Crippen molar-refractivity contribution in [2.45, 2.75) is 31.7 Å². The van der Waals surface area contributed by atoms with Gasteiger partial charge in [0.1, 0.15) is 5.78 Å². The number of carbonyl (C=O) groups is 2. The van der Waals surface area contributed by atoms with Crippen molar-refractivity contribution < 1.29 is 9.59 Å². The molecular weight excluding hydrogens is 192 g/mol. The summed E-state index contributed by atoms with van der Waals surface area (Å²) in [6.45, 7) is 3.62. The van der Waals surface area contributed by atoms with E-state index in [0.29, 0.717) is 11.8 Å². The highest BCUT2D eigenvalue weighted by molar-refractivity contribution is 5.79. The molecule has 0 unspecified atom stereocenters. The molecule has 0 radical (unpaired) electrons. The summed E-state index contributed by atoms with van der Waals surface area (Å²) in [5, 5.41) is 0. The molecule has 0 spiro atoms. The Morgan fingerprint density at radius 2 is 1.67 bits per heavy atom. The lowest BCUT2D eigenvalue weighted by atomic mass is 9.93. The molecule has 0 bridgehead atoms. The summed E-state index contributed by atoms with van der Waals surface area (Å²) in [5.74, 6) is 0.415. The van der Waals surface area contributed by atoms with Crippen molar-refractivity contribution in [2.24, 2.45) is 0 Å². The molecule has 0 N–H and O–H groups in total. The van der Waals surface area contributed by atoms with Crippen molar-refractivity contribution in [1.82, 2.24) is 9.80 Å². The molecule has 2 aliphatic rings. The van der Waals surface area contributed by atoms with Gasteiger partial charge in [-0.3, -0.25) is 14.5 Å². The molecule has 1 saturated heterocycles. The molecule has 1 aliphatic heterocycles. The molecule has 0 aromatic carbocycles. The predicted molar refractivity (Wildman–Crippen MR) is 56.5 cm³/mol. The maximum atomic E-state index is 11.1. The second kappa shape index (κ2) is 4.75. The summed E-state index contributed by atoms with van der Waals surface area (Å²) in [5.41, 5.74) is 0. The van der Waals surface area contributed by atoms with Crippen LogP contribution in [-0.4, -0.2) is 54.2 Å².